The van der Waals surface area contributed by atoms with Crippen LogP contribution in [0.2, 0.25) is 0 Å². The van der Waals surface area contributed by atoms with Crippen molar-refractivity contribution in [3.8, 4) is 11.5 Å². The second kappa shape index (κ2) is 6.92. The smallest absolute Gasteiger partial charge is 0.231 e. The highest BCUT2D eigenvalue weighted by molar-refractivity contribution is 9.11. The summed E-state index contributed by atoms with van der Waals surface area (Å²) in [5.41, 5.74) is 1.38. The number of benzene rings is 2. The van der Waals surface area contributed by atoms with Crippen molar-refractivity contribution in [2.24, 2.45) is 5.92 Å². The van der Waals surface area contributed by atoms with Crippen LogP contribution >= 0.6 is 31.9 Å². The molecule has 0 saturated carbocycles. The summed E-state index contributed by atoms with van der Waals surface area (Å²) >= 11 is 6.80. The van der Waals surface area contributed by atoms with Crippen LogP contribution in [0.3, 0.4) is 0 Å². The molecule has 134 valence electrons. The van der Waals surface area contributed by atoms with Crippen LogP contribution in [0.15, 0.2) is 45.3 Å². The Morgan fingerprint density at radius 2 is 1.92 bits per heavy atom. The van der Waals surface area contributed by atoms with Gasteiger partial charge in [-0.05, 0) is 46.3 Å². The molecule has 0 aromatic heterocycles. The van der Waals surface area contributed by atoms with E-state index in [1.54, 1.807) is 29.2 Å². The lowest BCUT2D eigenvalue weighted by Crippen LogP contribution is -2.28. The molecule has 2 amide bonds. The van der Waals surface area contributed by atoms with Crippen molar-refractivity contribution < 1.29 is 19.1 Å². The fourth-order valence-electron chi connectivity index (χ4n) is 3.01. The lowest BCUT2D eigenvalue weighted by Gasteiger charge is -2.17. The van der Waals surface area contributed by atoms with E-state index >= 15 is 0 Å². The summed E-state index contributed by atoms with van der Waals surface area (Å²) in [5, 5.41) is 2.88. The molecular weight excluding hydrogens is 468 g/mol. The summed E-state index contributed by atoms with van der Waals surface area (Å²) < 4.78 is 12.3. The number of nitrogens with zero attached hydrogens (tertiary/aromatic N) is 1. The number of amides is 2. The molecule has 8 heteroatoms. The van der Waals surface area contributed by atoms with Crippen LogP contribution in [0.1, 0.15) is 6.42 Å². The zero-order valence-electron chi connectivity index (χ0n) is 13.5. The topological polar surface area (TPSA) is 67.9 Å². The first-order valence-electron chi connectivity index (χ1n) is 7.97. The Bertz CT molecular complexity index is 903. The van der Waals surface area contributed by atoms with Crippen LogP contribution in [0.25, 0.3) is 0 Å². The Balaban J connectivity index is 1.48. The maximum atomic E-state index is 12.6. The standard InChI is InChI=1S/C18H14Br2N2O4/c19-11-1-3-14(13(20)6-11)21-18(24)10-5-17(23)22(8-10)12-2-4-15-16(7-12)26-9-25-15/h1-4,6-7,10H,5,8-9H2,(H,21,24). The fourth-order valence-corrected chi connectivity index (χ4v) is 4.16. The van der Waals surface area contributed by atoms with Crippen LogP contribution in [0.5, 0.6) is 11.5 Å². The van der Waals surface area contributed by atoms with Gasteiger partial charge in [0, 0.05) is 33.7 Å². The number of ether oxygens (including phenoxy) is 2. The van der Waals surface area contributed by atoms with Crippen LogP contribution in [-0.2, 0) is 9.59 Å². The summed E-state index contributed by atoms with van der Waals surface area (Å²) in [6.07, 6.45) is 0.175. The Labute approximate surface area is 166 Å². The first-order chi connectivity index (χ1) is 12.5. The number of anilines is 2. The Morgan fingerprint density at radius 1 is 1.12 bits per heavy atom. The quantitative estimate of drug-likeness (QED) is 0.721. The maximum Gasteiger partial charge on any atom is 0.231 e. The van der Waals surface area contributed by atoms with Gasteiger partial charge >= 0.3 is 0 Å². The normalized spacial score (nSPS) is 18.3. The third-order valence-corrected chi connectivity index (χ3v) is 5.50. The lowest BCUT2D eigenvalue weighted by molar-refractivity contribution is -0.122. The van der Waals surface area contributed by atoms with Crippen molar-refractivity contribution in [3.05, 3.63) is 45.3 Å². The SMILES string of the molecule is O=C(Nc1ccc(Br)cc1Br)C1CC(=O)N(c2ccc3c(c2)OCO3)C1. The van der Waals surface area contributed by atoms with Crippen molar-refractivity contribution >= 4 is 55.0 Å². The van der Waals surface area contributed by atoms with E-state index in [0.29, 0.717) is 29.4 Å². The minimum Gasteiger partial charge on any atom is -0.454 e. The van der Waals surface area contributed by atoms with Gasteiger partial charge in [0.15, 0.2) is 11.5 Å². The number of hydrogen-bond acceptors (Lipinski definition) is 4. The van der Waals surface area contributed by atoms with Crippen LogP contribution in [-0.4, -0.2) is 25.2 Å². The second-order valence-electron chi connectivity index (χ2n) is 6.06. The minimum atomic E-state index is -0.413. The van der Waals surface area contributed by atoms with Crippen molar-refractivity contribution in [2.45, 2.75) is 6.42 Å². The first-order valence-corrected chi connectivity index (χ1v) is 9.56. The molecular formula is C18H14Br2N2O4. The zero-order valence-corrected chi connectivity index (χ0v) is 16.7. The molecule has 0 spiro atoms. The molecule has 0 aliphatic carbocycles. The van der Waals surface area contributed by atoms with Crippen molar-refractivity contribution in [1.29, 1.82) is 0 Å². The third-order valence-electron chi connectivity index (χ3n) is 4.35. The first kappa shape index (κ1) is 17.4. The number of fused-ring (bicyclic) bond motifs is 1. The highest BCUT2D eigenvalue weighted by Crippen LogP contribution is 2.37. The van der Waals surface area contributed by atoms with Gasteiger partial charge in [-0.2, -0.15) is 0 Å². The van der Waals surface area contributed by atoms with Crippen LogP contribution in [0.4, 0.5) is 11.4 Å². The minimum absolute atomic E-state index is 0.0844. The number of carbonyl (C=O) groups excluding carboxylic acids is 2. The van der Waals surface area contributed by atoms with Gasteiger partial charge in [-0.1, -0.05) is 15.9 Å². The molecule has 1 fully saturated rings. The van der Waals surface area contributed by atoms with Gasteiger partial charge in [0.05, 0.1) is 11.6 Å². The van der Waals surface area contributed by atoms with Gasteiger partial charge in [0.2, 0.25) is 18.6 Å². The van der Waals surface area contributed by atoms with Crippen molar-refractivity contribution in [3.63, 3.8) is 0 Å². The predicted octanol–water partition coefficient (Wildman–Crippen LogP) is 3.93. The fraction of sp³-hybridized carbons (Fsp3) is 0.222. The molecule has 2 aromatic carbocycles. The van der Waals surface area contributed by atoms with E-state index in [1.165, 1.54) is 0 Å². The average Bonchev–Trinajstić information content (AvgIpc) is 3.23. The molecule has 1 N–H and O–H groups in total. The van der Waals surface area contributed by atoms with Crippen LogP contribution in [0, 0.1) is 5.92 Å². The summed E-state index contributed by atoms with van der Waals surface area (Å²) in [4.78, 5) is 26.6. The molecule has 6 nitrogen and oxygen atoms in total. The lowest BCUT2D eigenvalue weighted by atomic mass is 10.1. The molecule has 26 heavy (non-hydrogen) atoms. The molecule has 2 aliphatic rings. The van der Waals surface area contributed by atoms with Gasteiger partial charge < -0.3 is 19.7 Å². The highest BCUT2D eigenvalue weighted by atomic mass is 79.9. The van der Waals surface area contributed by atoms with E-state index in [4.69, 9.17) is 9.47 Å². The van der Waals surface area contributed by atoms with E-state index in [2.05, 4.69) is 37.2 Å². The monoisotopic (exact) mass is 480 g/mol. The molecule has 1 saturated heterocycles. The van der Waals surface area contributed by atoms with Crippen LogP contribution < -0.4 is 19.7 Å². The van der Waals surface area contributed by atoms with E-state index < -0.39 is 5.92 Å². The Hall–Kier alpha value is -2.06. The summed E-state index contributed by atoms with van der Waals surface area (Å²) in [6, 6.07) is 10.9. The second-order valence-corrected chi connectivity index (χ2v) is 7.83. The molecule has 2 heterocycles. The summed E-state index contributed by atoms with van der Waals surface area (Å²) in [5.74, 6) is 0.601. The molecule has 1 atom stereocenters. The molecule has 2 aliphatic heterocycles. The number of nitrogens with one attached hydrogen (secondary N) is 1. The van der Waals surface area contributed by atoms with Gasteiger partial charge in [-0.15, -0.1) is 0 Å². The van der Waals surface area contributed by atoms with E-state index in [-0.39, 0.29) is 25.0 Å². The third kappa shape index (κ3) is 3.31. The largest absolute Gasteiger partial charge is 0.454 e. The number of rotatable bonds is 3. The highest BCUT2D eigenvalue weighted by Gasteiger charge is 2.35. The van der Waals surface area contributed by atoms with Gasteiger partial charge in [0.1, 0.15) is 0 Å². The number of hydrogen-bond donors (Lipinski definition) is 1. The van der Waals surface area contributed by atoms with E-state index in [0.717, 1.165) is 8.95 Å². The van der Waals surface area contributed by atoms with Gasteiger partial charge in [0.25, 0.3) is 0 Å². The number of carbonyl (C=O) groups is 2. The molecule has 2 aromatic rings. The van der Waals surface area contributed by atoms with Gasteiger partial charge in [-0.25, -0.2) is 0 Å². The average molecular weight is 482 g/mol. The maximum absolute atomic E-state index is 12.6. The van der Waals surface area contributed by atoms with Crippen molar-refractivity contribution in [1.82, 2.24) is 0 Å². The van der Waals surface area contributed by atoms with E-state index in [1.807, 2.05) is 12.1 Å². The Kier molecular flexibility index (Phi) is 4.62. The van der Waals surface area contributed by atoms with Gasteiger partial charge in [-0.3, -0.25) is 9.59 Å². The zero-order chi connectivity index (χ0) is 18.3. The molecule has 0 radical (unpaired) electrons. The van der Waals surface area contributed by atoms with Crippen molar-refractivity contribution in [2.75, 3.05) is 23.6 Å². The summed E-state index contributed by atoms with van der Waals surface area (Å²) in [7, 11) is 0. The number of halogens is 2. The predicted molar refractivity (Wildman–Crippen MR) is 103 cm³/mol. The molecule has 0 bridgehead atoms. The van der Waals surface area contributed by atoms with E-state index in [9.17, 15) is 9.59 Å². The molecule has 1 unspecified atom stereocenters. The summed E-state index contributed by atoms with van der Waals surface area (Å²) in [6.45, 7) is 0.512. The molecule has 4 rings (SSSR count). The Morgan fingerprint density at radius 3 is 2.73 bits per heavy atom.